The lowest BCUT2D eigenvalue weighted by molar-refractivity contribution is 0.0726. The summed E-state index contributed by atoms with van der Waals surface area (Å²) in [5.74, 6) is -0.0204. The van der Waals surface area contributed by atoms with Crippen molar-refractivity contribution in [2.45, 2.75) is 32.4 Å². The molecule has 1 amide bonds. The van der Waals surface area contributed by atoms with Crippen LogP contribution in [0, 0.1) is 18.3 Å². The first-order valence-electron chi connectivity index (χ1n) is 6.96. The van der Waals surface area contributed by atoms with Gasteiger partial charge < -0.3 is 4.90 Å². The summed E-state index contributed by atoms with van der Waals surface area (Å²) < 4.78 is 1.89. The number of thiophene rings is 1. The van der Waals surface area contributed by atoms with Crippen molar-refractivity contribution < 1.29 is 4.79 Å². The molecule has 1 saturated heterocycles. The number of amides is 1. The molecule has 1 unspecified atom stereocenters. The zero-order chi connectivity index (χ0) is 14.8. The highest BCUT2D eigenvalue weighted by molar-refractivity contribution is 7.12. The van der Waals surface area contributed by atoms with E-state index in [9.17, 15) is 4.79 Å². The minimum atomic E-state index is -0.0204. The van der Waals surface area contributed by atoms with Crippen molar-refractivity contribution in [1.82, 2.24) is 14.7 Å². The number of hydrogen-bond donors (Lipinski definition) is 0. The van der Waals surface area contributed by atoms with E-state index in [0.29, 0.717) is 17.0 Å². The Morgan fingerprint density at radius 1 is 1.62 bits per heavy atom. The molecule has 108 valence electrons. The van der Waals surface area contributed by atoms with Crippen LogP contribution in [0.3, 0.4) is 0 Å². The quantitative estimate of drug-likeness (QED) is 0.874. The van der Waals surface area contributed by atoms with Crippen molar-refractivity contribution in [3.63, 3.8) is 0 Å². The standard InChI is InChI=1S/C15H16N4OS/c1-11-8-17-18(9-11)10-13-3-2-5-19(13)15(20)14-12(7-16)4-6-21-14/h4,6,8-9,13H,2-3,5,10H2,1H3. The number of aromatic nitrogens is 2. The predicted molar refractivity (Wildman–Crippen MR) is 80.1 cm³/mol. The van der Waals surface area contributed by atoms with E-state index in [1.54, 1.807) is 11.4 Å². The third-order valence-electron chi connectivity index (χ3n) is 3.78. The molecule has 2 aromatic heterocycles. The number of carbonyl (C=O) groups excluding carboxylic acids is 1. The Bertz CT molecular complexity index is 697. The fraction of sp³-hybridized carbons (Fsp3) is 0.400. The van der Waals surface area contributed by atoms with Crippen LogP contribution in [-0.4, -0.2) is 33.2 Å². The summed E-state index contributed by atoms with van der Waals surface area (Å²) in [4.78, 5) is 15.1. The summed E-state index contributed by atoms with van der Waals surface area (Å²) in [5.41, 5.74) is 1.60. The number of carbonyl (C=O) groups is 1. The summed E-state index contributed by atoms with van der Waals surface area (Å²) >= 11 is 1.35. The fourth-order valence-corrected chi connectivity index (χ4v) is 3.57. The highest BCUT2D eigenvalue weighted by Gasteiger charge is 2.31. The summed E-state index contributed by atoms with van der Waals surface area (Å²) in [7, 11) is 0. The van der Waals surface area contributed by atoms with Gasteiger partial charge in [0.1, 0.15) is 10.9 Å². The first-order chi connectivity index (χ1) is 10.2. The molecular formula is C15H16N4OS. The van der Waals surface area contributed by atoms with Gasteiger partial charge in [-0.25, -0.2) is 0 Å². The van der Waals surface area contributed by atoms with Gasteiger partial charge in [0.15, 0.2) is 0 Å². The molecule has 1 atom stereocenters. The smallest absolute Gasteiger partial charge is 0.265 e. The Balaban J connectivity index is 1.78. The molecule has 0 N–H and O–H groups in total. The molecule has 0 aromatic carbocycles. The van der Waals surface area contributed by atoms with Crippen LogP contribution in [-0.2, 0) is 6.54 Å². The third kappa shape index (κ3) is 2.69. The second kappa shape index (κ2) is 5.70. The zero-order valence-corrected chi connectivity index (χ0v) is 12.6. The van der Waals surface area contributed by atoms with E-state index in [1.807, 2.05) is 28.9 Å². The largest absolute Gasteiger partial charge is 0.333 e. The average molecular weight is 300 g/mol. The first kappa shape index (κ1) is 13.8. The lowest BCUT2D eigenvalue weighted by Crippen LogP contribution is -2.38. The van der Waals surface area contributed by atoms with Crippen molar-refractivity contribution in [3.8, 4) is 6.07 Å². The first-order valence-corrected chi connectivity index (χ1v) is 7.84. The summed E-state index contributed by atoms with van der Waals surface area (Å²) in [6.45, 7) is 3.48. The number of likely N-dealkylation sites (tertiary alicyclic amines) is 1. The average Bonchev–Trinajstić information content (AvgIpc) is 3.19. The van der Waals surface area contributed by atoms with Gasteiger partial charge in [-0.2, -0.15) is 10.4 Å². The maximum Gasteiger partial charge on any atom is 0.265 e. The van der Waals surface area contributed by atoms with E-state index in [4.69, 9.17) is 5.26 Å². The summed E-state index contributed by atoms with van der Waals surface area (Å²) in [5, 5.41) is 15.2. The van der Waals surface area contributed by atoms with Crippen LogP contribution in [0.5, 0.6) is 0 Å². The number of rotatable bonds is 3. The zero-order valence-electron chi connectivity index (χ0n) is 11.8. The summed E-state index contributed by atoms with van der Waals surface area (Å²) in [6, 6.07) is 3.96. The van der Waals surface area contributed by atoms with Crippen molar-refractivity contribution in [2.75, 3.05) is 6.54 Å². The van der Waals surface area contributed by atoms with Gasteiger partial charge in [0.2, 0.25) is 0 Å². The topological polar surface area (TPSA) is 61.9 Å². The Labute approximate surface area is 127 Å². The minimum Gasteiger partial charge on any atom is -0.333 e. The van der Waals surface area contributed by atoms with Gasteiger partial charge in [0, 0.05) is 12.7 Å². The minimum absolute atomic E-state index is 0.0204. The molecule has 0 radical (unpaired) electrons. The maximum absolute atomic E-state index is 12.6. The van der Waals surface area contributed by atoms with Crippen LogP contribution in [0.4, 0.5) is 0 Å². The van der Waals surface area contributed by atoms with Gasteiger partial charge >= 0.3 is 0 Å². The van der Waals surface area contributed by atoms with Crippen LogP contribution < -0.4 is 0 Å². The number of aryl methyl sites for hydroxylation is 1. The molecule has 0 aliphatic carbocycles. The molecule has 0 bridgehead atoms. The second-order valence-corrected chi connectivity index (χ2v) is 6.23. The van der Waals surface area contributed by atoms with Crippen molar-refractivity contribution in [3.05, 3.63) is 39.8 Å². The van der Waals surface area contributed by atoms with Crippen molar-refractivity contribution in [1.29, 1.82) is 5.26 Å². The number of nitrogens with zero attached hydrogens (tertiary/aromatic N) is 4. The Hall–Kier alpha value is -2.13. The van der Waals surface area contributed by atoms with Gasteiger partial charge in [-0.05, 0) is 36.8 Å². The van der Waals surface area contributed by atoms with E-state index >= 15 is 0 Å². The van der Waals surface area contributed by atoms with E-state index in [2.05, 4.69) is 11.2 Å². The molecule has 3 rings (SSSR count). The third-order valence-corrected chi connectivity index (χ3v) is 4.68. The Morgan fingerprint density at radius 2 is 2.48 bits per heavy atom. The van der Waals surface area contributed by atoms with Crippen LogP contribution in [0.25, 0.3) is 0 Å². The molecule has 1 aliphatic rings. The Morgan fingerprint density at radius 3 is 3.19 bits per heavy atom. The molecule has 5 nitrogen and oxygen atoms in total. The van der Waals surface area contributed by atoms with E-state index in [1.165, 1.54) is 11.3 Å². The fourth-order valence-electron chi connectivity index (χ4n) is 2.77. The maximum atomic E-state index is 12.6. The van der Waals surface area contributed by atoms with Gasteiger partial charge in [0.25, 0.3) is 5.91 Å². The van der Waals surface area contributed by atoms with Crippen LogP contribution in [0.2, 0.25) is 0 Å². The van der Waals surface area contributed by atoms with E-state index in [0.717, 1.165) is 24.9 Å². The van der Waals surface area contributed by atoms with Crippen molar-refractivity contribution >= 4 is 17.2 Å². The van der Waals surface area contributed by atoms with Gasteiger partial charge in [-0.1, -0.05) is 0 Å². The van der Waals surface area contributed by atoms with Gasteiger partial charge in [0.05, 0.1) is 24.3 Å². The molecule has 1 fully saturated rings. The normalized spacial score (nSPS) is 17.9. The lowest BCUT2D eigenvalue weighted by atomic mass is 10.2. The molecule has 3 heterocycles. The molecule has 0 saturated carbocycles. The highest BCUT2D eigenvalue weighted by Crippen LogP contribution is 2.25. The van der Waals surface area contributed by atoms with E-state index < -0.39 is 0 Å². The number of nitriles is 1. The van der Waals surface area contributed by atoms with Gasteiger partial charge in [-0.3, -0.25) is 9.48 Å². The molecule has 2 aromatic rings. The second-order valence-electron chi connectivity index (χ2n) is 5.31. The monoisotopic (exact) mass is 300 g/mol. The van der Waals surface area contributed by atoms with Crippen LogP contribution in [0.15, 0.2) is 23.8 Å². The highest BCUT2D eigenvalue weighted by atomic mass is 32.1. The van der Waals surface area contributed by atoms with E-state index in [-0.39, 0.29) is 11.9 Å². The predicted octanol–water partition coefficient (Wildman–Crippen LogP) is 2.43. The number of hydrogen-bond acceptors (Lipinski definition) is 4. The van der Waals surface area contributed by atoms with Crippen LogP contribution in [0.1, 0.15) is 33.6 Å². The van der Waals surface area contributed by atoms with Crippen LogP contribution >= 0.6 is 11.3 Å². The van der Waals surface area contributed by atoms with Gasteiger partial charge in [-0.15, -0.1) is 11.3 Å². The molecule has 21 heavy (non-hydrogen) atoms. The SMILES string of the molecule is Cc1cnn(CC2CCCN2C(=O)c2sccc2C#N)c1. The molecular weight excluding hydrogens is 284 g/mol. The molecule has 6 heteroatoms. The molecule has 0 spiro atoms. The Kier molecular flexibility index (Phi) is 3.76. The lowest BCUT2D eigenvalue weighted by Gasteiger charge is -2.24. The van der Waals surface area contributed by atoms with Crippen molar-refractivity contribution in [2.24, 2.45) is 0 Å². The summed E-state index contributed by atoms with van der Waals surface area (Å²) in [6.07, 6.45) is 5.81. The molecule has 1 aliphatic heterocycles.